The Morgan fingerprint density at radius 1 is 1.16 bits per heavy atom. The fourth-order valence-electron chi connectivity index (χ4n) is 4.09. The van der Waals surface area contributed by atoms with E-state index in [0.717, 1.165) is 24.2 Å². The Labute approximate surface area is 118 Å². The normalized spacial score (nSPS) is 33.6. The van der Waals surface area contributed by atoms with E-state index < -0.39 is 0 Å². The van der Waals surface area contributed by atoms with E-state index in [1.54, 1.807) is 0 Å². The molecule has 0 aromatic heterocycles. The summed E-state index contributed by atoms with van der Waals surface area (Å²) in [6.07, 6.45) is 9.98. The van der Waals surface area contributed by atoms with Crippen molar-refractivity contribution in [1.29, 1.82) is 0 Å². The van der Waals surface area contributed by atoms with Crippen LogP contribution in [0.15, 0.2) is 0 Å². The minimum absolute atomic E-state index is 0.743. The molecule has 1 aliphatic heterocycles. The molecule has 3 rings (SSSR count). The second kappa shape index (κ2) is 6.11. The molecule has 110 valence electrons. The van der Waals surface area contributed by atoms with Gasteiger partial charge in [-0.2, -0.15) is 0 Å². The van der Waals surface area contributed by atoms with Gasteiger partial charge in [-0.15, -0.1) is 0 Å². The van der Waals surface area contributed by atoms with Crippen LogP contribution in [0.5, 0.6) is 0 Å². The lowest BCUT2D eigenvalue weighted by molar-refractivity contribution is 0.238. The van der Waals surface area contributed by atoms with Crippen molar-refractivity contribution < 1.29 is 0 Å². The lowest BCUT2D eigenvalue weighted by atomic mass is 10.2. The highest BCUT2D eigenvalue weighted by atomic mass is 15.3. The standard InChI is InChI=1S/C16H31N3/c1-13-11-14(12-19(13)16-7-8-16)17-9-10-18(2)15-5-3-4-6-15/h13-17H,3-12H2,1-2H3. The van der Waals surface area contributed by atoms with Crippen molar-refractivity contribution in [2.24, 2.45) is 0 Å². The molecule has 0 amide bonds. The maximum absolute atomic E-state index is 3.80. The molecule has 2 atom stereocenters. The molecule has 3 heteroatoms. The predicted molar refractivity (Wildman–Crippen MR) is 80.5 cm³/mol. The molecule has 1 saturated heterocycles. The Morgan fingerprint density at radius 2 is 1.89 bits per heavy atom. The molecule has 3 nitrogen and oxygen atoms in total. The molecular weight excluding hydrogens is 234 g/mol. The first kappa shape index (κ1) is 13.8. The van der Waals surface area contributed by atoms with Crippen LogP contribution in [0.3, 0.4) is 0 Å². The minimum Gasteiger partial charge on any atom is -0.311 e. The second-order valence-corrected chi connectivity index (χ2v) is 7.08. The second-order valence-electron chi connectivity index (χ2n) is 7.08. The zero-order chi connectivity index (χ0) is 13.2. The smallest absolute Gasteiger partial charge is 0.0210 e. The average molecular weight is 265 g/mol. The van der Waals surface area contributed by atoms with Gasteiger partial charge in [0.1, 0.15) is 0 Å². The highest BCUT2D eigenvalue weighted by molar-refractivity contribution is 4.96. The third-order valence-electron chi connectivity index (χ3n) is 5.48. The van der Waals surface area contributed by atoms with Gasteiger partial charge in [0.15, 0.2) is 0 Å². The zero-order valence-corrected chi connectivity index (χ0v) is 12.8. The molecule has 2 saturated carbocycles. The third kappa shape index (κ3) is 3.50. The van der Waals surface area contributed by atoms with Gasteiger partial charge in [-0.1, -0.05) is 12.8 Å². The van der Waals surface area contributed by atoms with Gasteiger partial charge in [0, 0.05) is 43.8 Å². The Morgan fingerprint density at radius 3 is 2.58 bits per heavy atom. The molecule has 0 bridgehead atoms. The number of likely N-dealkylation sites (N-methyl/N-ethyl adjacent to an activating group) is 1. The molecule has 0 spiro atoms. The fourth-order valence-corrected chi connectivity index (χ4v) is 4.09. The van der Waals surface area contributed by atoms with E-state index in [-0.39, 0.29) is 0 Å². The maximum Gasteiger partial charge on any atom is 0.0210 e. The van der Waals surface area contributed by atoms with E-state index in [2.05, 4.69) is 29.1 Å². The van der Waals surface area contributed by atoms with Crippen molar-refractivity contribution in [3.8, 4) is 0 Å². The summed E-state index contributed by atoms with van der Waals surface area (Å²) in [5, 5.41) is 3.80. The molecule has 19 heavy (non-hydrogen) atoms. The summed E-state index contributed by atoms with van der Waals surface area (Å²) in [5.41, 5.74) is 0. The molecule has 0 aromatic carbocycles. The molecule has 2 unspecified atom stereocenters. The molecule has 1 N–H and O–H groups in total. The first-order valence-electron chi connectivity index (χ1n) is 8.43. The van der Waals surface area contributed by atoms with Crippen LogP contribution in [-0.4, -0.2) is 60.6 Å². The number of likely N-dealkylation sites (tertiary alicyclic amines) is 1. The largest absolute Gasteiger partial charge is 0.311 e. The minimum atomic E-state index is 0.743. The number of nitrogens with zero attached hydrogens (tertiary/aromatic N) is 2. The van der Waals surface area contributed by atoms with Gasteiger partial charge in [0.05, 0.1) is 0 Å². The lowest BCUT2D eigenvalue weighted by Gasteiger charge is -2.25. The van der Waals surface area contributed by atoms with Crippen LogP contribution in [-0.2, 0) is 0 Å². The SMILES string of the molecule is CC1CC(NCCN(C)C2CCCC2)CN1C1CC1. The predicted octanol–water partition coefficient (Wildman–Crippen LogP) is 2.08. The Hall–Kier alpha value is -0.120. The van der Waals surface area contributed by atoms with Crippen molar-refractivity contribution >= 4 is 0 Å². The van der Waals surface area contributed by atoms with E-state index in [4.69, 9.17) is 0 Å². The van der Waals surface area contributed by atoms with Crippen LogP contribution < -0.4 is 5.32 Å². The van der Waals surface area contributed by atoms with Crippen LogP contribution >= 0.6 is 0 Å². The summed E-state index contributed by atoms with van der Waals surface area (Å²) in [5.74, 6) is 0. The van der Waals surface area contributed by atoms with E-state index in [1.165, 1.54) is 64.6 Å². The van der Waals surface area contributed by atoms with E-state index in [0.29, 0.717) is 0 Å². The van der Waals surface area contributed by atoms with Crippen LogP contribution in [0, 0.1) is 0 Å². The van der Waals surface area contributed by atoms with Gasteiger partial charge in [0.25, 0.3) is 0 Å². The third-order valence-corrected chi connectivity index (χ3v) is 5.48. The Kier molecular flexibility index (Phi) is 4.45. The zero-order valence-electron chi connectivity index (χ0n) is 12.8. The Bertz CT molecular complexity index is 284. The molecular formula is C16H31N3. The summed E-state index contributed by atoms with van der Waals surface area (Å²) in [6, 6.07) is 3.35. The van der Waals surface area contributed by atoms with Crippen LogP contribution in [0.25, 0.3) is 0 Å². The fraction of sp³-hybridized carbons (Fsp3) is 1.00. The van der Waals surface area contributed by atoms with Crippen molar-refractivity contribution in [3.63, 3.8) is 0 Å². The topological polar surface area (TPSA) is 18.5 Å². The van der Waals surface area contributed by atoms with Crippen LogP contribution in [0.4, 0.5) is 0 Å². The van der Waals surface area contributed by atoms with E-state index in [9.17, 15) is 0 Å². The van der Waals surface area contributed by atoms with E-state index in [1.807, 2.05) is 0 Å². The van der Waals surface area contributed by atoms with Gasteiger partial charge in [-0.05, 0) is 46.1 Å². The highest BCUT2D eigenvalue weighted by Gasteiger charge is 2.38. The number of nitrogens with one attached hydrogen (secondary N) is 1. The monoisotopic (exact) mass is 265 g/mol. The van der Waals surface area contributed by atoms with Gasteiger partial charge in [0.2, 0.25) is 0 Å². The number of rotatable bonds is 6. The average Bonchev–Trinajstić information content (AvgIpc) is 2.95. The van der Waals surface area contributed by atoms with Crippen LogP contribution in [0.2, 0.25) is 0 Å². The van der Waals surface area contributed by atoms with Gasteiger partial charge in [-0.25, -0.2) is 0 Å². The Balaban J connectivity index is 1.33. The summed E-state index contributed by atoms with van der Waals surface area (Å²) in [6.45, 7) is 6.09. The summed E-state index contributed by atoms with van der Waals surface area (Å²) >= 11 is 0. The lowest BCUT2D eigenvalue weighted by Crippen LogP contribution is -2.40. The van der Waals surface area contributed by atoms with Crippen molar-refractivity contribution in [2.45, 2.75) is 76.0 Å². The van der Waals surface area contributed by atoms with Crippen molar-refractivity contribution in [2.75, 3.05) is 26.7 Å². The van der Waals surface area contributed by atoms with Gasteiger partial charge < -0.3 is 10.2 Å². The van der Waals surface area contributed by atoms with Crippen molar-refractivity contribution in [3.05, 3.63) is 0 Å². The molecule has 0 aromatic rings. The molecule has 1 heterocycles. The highest BCUT2D eigenvalue weighted by Crippen LogP contribution is 2.33. The van der Waals surface area contributed by atoms with Crippen LogP contribution in [0.1, 0.15) is 51.9 Å². The number of hydrogen-bond acceptors (Lipinski definition) is 3. The van der Waals surface area contributed by atoms with Crippen molar-refractivity contribution in [1.82, 2.24) is 15.1 Å². The van der Waals surface area contributed by atoms with E-state index >= 15 is 0 Å². The first-order valence-corrected chi connectivity index (χ1v) is 8.43. The molecule has 2 aliphatic carbocycles. The number of hydrogen-bond donors (Lipinski definition) is 1. The molecule has 3 aliphatic rings. The maximum atomic E-state index is 3.80. The van der Waals surface area contributed by atoms with Gasteiger partial charge in [-0.3, -0.25) is 4.90 Å². The summed E-state index contributed by atoms with van der Waals surface area (Å²) in [4.78, 5) is 5.31. The van der Waals surface area contributed by atoms with Gasteiger partial charge >= 0.3 is 0 Å². The quantitative estimate of drug-likeness (QED) is 0.793. The summed E-state index contributed by atoms with van der Waals surface area (Å²) < 4.78 is 0. The molecule has 0 radical (unpaired) electrons. The first-order chi connectivity index (χ1) is 9.24. The summed E-state index contributed by atoms with van der Waals surface area (Å²) in [7, 11) is 2.31. The molecule has 3 fully saturated rings.